The molecule has 3 aromatic rings. The summed E-state index contributed by atoms with van der Waals surface area (Å²) in [6, 6.07) is 10.1. The van der Waals surface area contributed by atoms with Crippen molar-refractivity contribution in [2.24, 2.45) is 0 Å². The number of aryl methyl sites for hydroxylation is 1. The smallest absolute Gasteiger partial charge is 0.261 e. The number of hydrogen-bond donors (Lipinski definition) is 1. The van der Waals surface area contributed by atoms with Crippen LogP contribution < -0.4 is 5.32 Å². The van der Waals surface area contributed by atoms with Crippen molar-refractivity contribution in [2.75, 3.05) is 5.32 Å². The SMILES string of the molecule is Cc1nn(Cc2ccccc2)c(C)c1C(=O)Nc1nnc(C2CC2)s1. The molecule has 1 saturated carbocycles. The summed E-state index contributed by atoms with van der Waals surface area (Å²) in [5.74, 6) is 0.369. The van der Waals surface area contributed by atoms with Crippen LogP contribution in [0.5, 0.6) is 0 Å². The molecule has 0 aliphatic heterocycles. The Kier molecular flexibility index (Phi) is 4.09. The Labute approximate surface area is 149 Å². The lowest BCUT2D eigenvalue weighted by atomic mass is 10.2. The van der Waals surface area contributed by atoms with Crippen LogP contribution in [0, 0.1) is 13.8 Å². The minimum absolute atomic E-state index is 0.173. The number of carbonyl (C=O) groups is 1. The largest absolute Gasteiger partial charge is 0.296 e. The van der Waals surface area contributed by atoms with Crippen molar-refractivity contribution in [3.8, 4) is 0 Å². The summed E-state index contributed by atoms with van der Waals surface area (Å²) in [5.41, 5.74) is 3.33. The Morgan fingerprint density at radius 2 is 2.00 bits per heavy atom. The minimum Gasteiger partial charge on any atom is -0.296 e. The van der Waals surface area contributed by atoms with Gasteiger partial charge in [-0.05, 0) is 32.3 Å². The summed E-state index contributed by atoms with van der Waals surface area (Å²) in [6.45, 7) is 4.43. The Bertz CT molecular complexity index is 911. The van der Waals surface area contributed by atoms with Crippen molar-refractivity contribution in [2.45, 2.75) is 39.2 Å². The fourth-order valence-corrected chi connectivity index (χ4v) is 3.78. The number of carbonyl (C=O) groups excluding carboxylic acids is 1. The van der Waals surface area contributed by atoms with E-state index in [1.807, 2.05) is 36.7 Å². The van der Waals surface area contributed by atoms with Crippen molar-refractivity contribution in [3.63, 3.8) is 0 Å². The van der Waals surface area contributed by atoms with Crippen molar-refractivity contribution >= 4 is 22.4 Å². The molecule has 1 amide bonds. The zero-order chi connectivity index (χ0) is 17.4. The quantitative estimate of drug-likeness (QED) is 0.761. The fourth-order valence-electron chi connectivity index (χ4n) is 2.88. The van der Waals surface area contributed by atoms with Gasteiger partial charge in [-0.3, -0.25) is 14.8 Å². The molecule has 0 radical (unpaired) electrons. The molecule has 25 heavy (non-hydrogen) atoms. The highest BCUT2D eigenvalue weighted by molar-refractivity contribution is 7.15. The lowest BCUT2D eigenvalue weighted by molar-refractivity contribution is 0.102. The van der Waals surface area contributed by atoms with Gasteiger partial charge in [0.25, 0.3) is 5.91 Å². The molecule has 0 spiro atoms. The van der Waals surface area contributed by atoms with E-state index < -0.39 is 0 Å². The van der Waals surface area contributed by atoms with Gasteiger partial charge in [0.05, 0.1) is 17.8 Å². The monoisotopic (exact) mass is 353 g/mol. The van der Waals surface area contributed by atoms with Crippen LogP contribution in [0.15, 0.2) is 30.3 Å². The van der Waals surface area contributed by atoms with Gasteiger partial charge in [0.1, 0.15) is 5.01 Å². The zero-order valence-corrected chi connectivity index (χ0v) is 15.0. The van der Waals surface area contributed by atoms with Crippen molar-refractivity contribution < 1.29 is 4.79 Å². The number of amides is 1. The maximum absolute atomic E-state index is 12.7. The first-order valence-corrected chi connectivity index (χ1v) is 9.16. The molecule has 0 bridgehead atoms. The molecule has 0 saturated heterocycles. The first kappa shape index (κ1) is 16.0. The van der Waals surface area contributed by atoms with Gasteiger partial charge in [0.15, 0.2) is 0 Å². The van der Waals surface area contributed by atoms with Crippen LogP contribution in [0.1, 0.15) is 51.1 Å². The second kappa shape index (κ2) is 6.40. The molecule has 2 aromatic heterocycles. The highest BCUT2D eigenvalue weighted by atomic mass is 32.1. The van der Waals surface area contributed by atoms with Gasteiger partial charge in [0, 0.05) is 11.6 Å². The van der Waals surface area contributed by atoms with E-state index in [4.69, 9.17) is 0 Å². The molecule has 6 nitrogen and oxygen atoms in total. The number of rotatable bonds is 5. The van der Waals surface area contributed by atoms with Crippen molar-refractivity contribution in [3.05, 3.63) is 57.9 Å². The zero-order valence-electron chi connectivity index (χ0n) is 14.2. The van der Waals surface area contributed by atoms with E-state index in [1.54, 1.807) is 0 Å². The number of aromatic nitrogens is 4. The molecule has 4 rings (SSSR count). The average Bonchev–Trinajstić information content (AvgIpc) is 3.28. The molecular formula is C18H19N5OS. The number of hydrogen-bond acceptors (Lipinski definition) is 5. The summed E-state index contributed by atoms with van der Waals surface area (Å²) < 4.78 is 1.87. The summed E-state index contributed by atoms with van der Waals surface area (Å²) >= 11 is 1.47. The van der Waals surface area contributed by atoms with Crippen LogP contribution in [-0.4, -0.2) is 25.9 Å². The lowest BCUT2D eigenvalue weighted by Gasteiger charge is -2.05. The number of benzene rings is 1. The predicted octanol–water partition coefficient (Wildman–Crippen LogP) is 3.53. The number of nitrogens with zero attached hydrogens (tertiary/aromatic N) is 4. The van der Waals surface area contributed by atoms with Gasteiger partial charge < -0.3 is 0 Å². The molecule has 128 valence electrons. The molecule has 7 heteroatoms. The first-order valence-electron chi connectivity index (χ1n) is 8.34. The average molecular weight is 353 g/mol. The van der Waals surface area contributed by atoms with Crippen molar-refractivity contribution in [1.82, 2.24) is 20.0 Å². The summed E-state index contributed by atoms with van der Waals surface area (Å²) in [7, 11) is 0. The standard InChI is InChI=1S/C18H19N5OS/c1-11-15(12(2)23(22-11)10-13-6-4-3-5-7-13)16(24)19-18-21-20-17(25-18)14-8-9-14/h3-7,14H,8-10H2,1-2H3,(H,19,21,24). The summed E-state index contributed by atoms with van der Waals surface area (Å²) in [5, 5.41) is 17.2. The molecule has 1 aliphatic carbocycles. The van der Waals surface area contributed by atoms with Gasteiger partial charge in [-0.15, -0.1) is 10.2 Å². The Morgan fingerprint density at radius 3 is 2.72 bits per heavy atom. The molecule has 1 aliphatic rings. The highest BCUT2D eigenvalue weighted by Gasteiger charge is 2.28. The summed E-state index contributed by atoms with van der Waals surface area (Å²) in [6.07, 6.45) is 2.35. The van der Waals surface area contributed by atoms with E-state index in [2.05, 4.69) is 32.7 Å². The van der Waals surface area contributed by atoms with Gasteiger partial charge >= 0.3 is 0 Å². The molecular weight excluding hydrogens is 334 g/mol. The van der Waals surface area contributed by atoms with Crippen LogP contribution in [0.2, 0.25) is 0 Å². The Morgan fingerprint density at radius 1 is 1.24 bits per heavy atom. The second-order valence-corrected chi connectivity index (χ2v) is 7.37. The highest BCUT2D eigenvalue weighted by Crippen LogP contribution is 2.42. The van der Waals surface area contributed by atoms with Crippen LogP contribution in [-0.2, 0) is 6.54 Å². The third-order valence-corrected chi connectivity index (χ3v) is 5.37. The minimum atomic E-state index is -0.173. The van der Waals surface area contributed by atoms with Gasteiger partial charge in [-0.2, -0.15) is 5.10 Å². The van der Waals surface area contributed by atoms with Crippen LogP contribution in [0.25, 0.3) is 0 Å². The number of anilines is 1. The Balaban J connectivity index is 1.53. The summed E-state index contributed by atoms with van der Waals surface area (Å²) in [4.78, 5) is 12.7. The van der Waals surface area contributed by atoms with Crippen LogP contribution >= 0.6 is 11.3 Å². The van der Waals surface area contributed by atoms with E-state index in [0.717, 1.165) is 22.0 Å². The molecule has 2 heterocycles. The lowest BCUT2D eigenvalue weighted by Crippen LogP contribution is -2.14. The van der Waals surface area contributed by atoms with Gasteiger partial charge in [0.2, 0.25) is 5.13 Å². The fraction of sp³-hybridized carbons (Fsp3) is 0.333. The topological polar surface area (TPSA) is 72.7 Å². The van der Waals surface area contributed by atoms with E-state index >= 15 is 0 Å². The van der Waals surface area contributed by atoms with E-state index in [9.17, 15) is 4.79 Å². The molecule has 0 unspecified atom stereocenters. The first-order chi connectivity index (χ1) is 12.1. The molecule has 1 fully saturated rings. The predicted molar refractivity (Wildman–Crippen MR) is 97.1 cm³/mol. The molecule has 0 atom stereocenters. The van der Waals surface area contributed by atoms with E-state index in [1.165, 1.54) is 24.2 Å². The van der Waals surface area contributed by atoms with E-state index in [0.29, 0.717) is 23.2 Å². The van der Waals surface area contributed by atoms with Crippen LogP contribution in [0.4, 0.5) is 5.13 Å². The molecule has 1 aromatic carbocycles. The maximum Gasteiger partial charge on any atom is 0.261 e. The Hall–Kier alpha value is -2.54. The number of nitrogens with one attached hydrogen (secondary N) is 1. The normalized spacial score (nSPS) is 13.8. The van der Waals surface area contributed by atoms with E-state index in [-0.39, 0.29) is 5.91 Å². The maximum atomic E-state index is 12.7. The van der Waals surface area contributed by atoms with Crippen molar-refractivity contribution in [1.29, 1.82) is 0 Å². The van der Waals surface area contributed by atoms with Crippen LogP contribution in [0.3, 0.4) is 0 Å². The van der Waals surface area contributed by atoms with Gasteiger partial charge in [-0.25, -0.2) is 0 Å². The third kappa shape index (κ3) is 3.32. The van der Waals surface area contributed by atoms with Gasteiger partial charge in [-0.1, -0.05) is 41.7 Å². The molecule has 1 N–H and O–H groups in total. The second-order valence-electron chi connectivity index (χ2n) is 6.36. The third-order valence-electron chi connectivity index (χ3n) is 4.37.